The zero-order valence-corrected chi connectivity index (χ0v) is 12.3. The molecule has 0 radical (unpaired) electrons. The van der Waals surface area contributed by atoms with Crippen molar-refractivity contribution in [3.8, 4) is 0 Å². The molecule has 0 aromatic carbocycles. The summed E-state index contributed by atoms with van der Waals surface area (Å²) in [7, 11) is 0. The summed E-state index contributed by atoms with van der Waals surface area (Å²) >= 11 is 0. The van der Waals surface area contributed by atoms with Crippen molar-refractivity contribution in [3.63, 3.8) is 0 Å². The Morgan fingerprint density at radius 1 is 1.44 bits per heavy atom. The number of hydrogen-bond acceptors (Lipinski definition) is 3. The Morgan fingerprint density at radius 2 is 2.17 bits per heavy atom. The Bertz CT molecular complexity index is 394. The molecule has 1 N–H and O–H groups in total. The number of nitrogens with zero attached hydrogens (tertiary/aromatic N) is 3. The van der Waals surface area contributed by atoms with E-state index in [1.807, 2.05) is 4.68 Å². The largest absolute Gasteiger partial charge is 0.310 e. The summed E-state index contributed by atoms with van der Waals surface area (Å²) in [6, 6.07) is 0.376. The van der Waals surface area contributed by atoms with Gasteiger partial charge >= 0.3 is 0 Å². The van der Waals surface area contributed by atoms with E-state index in [1.54, 1.807) is 6.33 Å². The van der Waals surface area contributed by atoms with Crippen LogP contribution in [0.25, 0.3) is 0 Å². The minimum Gasteiger partial charge on any atom is -0.310 e. The Kier molecular flexibility index (Phi) is 3.49. The molecule has 1 fully saturated rings. The minimum absolute atomic E-state index is 0.159. The van der Waals surface area contributed by atoms with Crippen LogP contribution in [-0.4, -0.2) is 26.8 Å². The average molecular weight is 250 g/mol. The minimum atomic E-state index is 0.159. The molecule has 0 aliphatic carbocycles. The van der Waals surface area contributed by atoms with Crippen molar-refractivity contribution in [1.29, 1.82) is 0 Å². The van der Waals surface area contributed by atoms with Crippen LogP contribution in [-0.2, 0) is 6.42 Å². The quantitative estimate of drug-likeness (QED) is 0.896. The van der Waals surface area contributed by atoms with Crippen molar-refractivity contribution >= 4 is 0 Å². The second-order valence-electron chi connectivity index (χ2n) is 6.75. The molecule has 18 heavy (non-hydrogen) atoms. The van der Waals surface area contributed by atoms with Crippen molar-refractivity contribution in [3.05, 3.63) is 12.2 Å². The highest BCUT2D eigenvalue weighted by Gasteiger charge is 2.44. The van der Waals surface area contributed by atoms with E-state index in [2.05, 4.69) is 50.0 Å². The van der Waals surface area contributed by atoms with Gasteiger partial charge in [-0.2, -0.15) is 5.10 Å². The van der Waals surface area contributed by atoms with Crippen molar-refractivity contribution in [2.45, 2.75) is 65.5 Å². The van der Waals surface area contributed by atoms with Gasteiger partial charge in [0.25, 0.3) is 0 Å². The van der Waals surface area contributed by atoms with Crippen LogP contribution in [0.5, 0.6) is 0 Å². The molecular formula is C14H26N4. The molecule has 4 heteroatoms. The predicted octanol–water partition coefficient (Wildman–Crippen LogP) is 2.57. The molecular weight excluding hydrogens is 224 g/mol. The lowest BCUT2D eigenvalue weighted by atomic mass is 9.70. The van der Waals surface area contributed by atoms with E-state index < -0.39 is 0 Å². The third kappa shape index (κ3) is 2.30. The van der Waals surface area contributed by atoms with Gasteiger partial charge in [-0.1, -0.05) is 20.8 Å². The highest BCUT2D eigenvalue weighted by molar-refractivity contribution is 5.08. The van der Waals surface area contributed by atoms with Crippen LogP contribution in [0.3, 0.4) is 0 Å². The molecule has 1 atom stereocenters. The van der Waals surface area contributed by atoms with Crippen LogP contribution in [0.1, 0.15) is 59.3 Å². The third-order valence-corrected chi connectivity index (χ3v) is 4.28. The summed E-state index contributed by atoms with van der Waals surface area (Å²) in [5.41, 5.74) is 0.393. The lowest BCUT2D eigenvalue weighted by Gasteiger charge is -2.42. The molecule has 0 amide bonds. The van der Waals surface area contributed by atoms with E-state index in [0.717, 1.165) is 18.8 Å². The number of hydrogen-bond donors (Lipinski definition) is 1. The molecule has 1 unspecified atom stereocenters. The van der Waals surface area contributed by atoms with Crippen molar-refractivity contribution in [2.75, 3.05) is 6.54 Å². The Labute approximate surface area is 110 Å². The van der Waals surface area contributed by atoms with Gasteiger partial charge in [-0.25, -0.2) is 9.67 Å². The fraction of sp³-hybridized carbons (Fsp3) is 0.857. The molecule has 2 rings (SSSR count). The normalized spacial score (nSPS) is 25.0. The van der Waals surface area contributed by atoms with Gasteiger partial charge in [-0.05, 0) is 38.6 Å². The third-order valence-electron chi connectivity index (χ3n) is 4.28. The molecule has 1 aliphatic rings. The Balaban J connectivity index is 2.27. The summed E-state index contributed by atoms with van der Waals surface area (Å²) < 4.78 is 2.05. The maximum Gasteiger partial charge on any atom is 0.138 e. The van der Waals surface area contributed by atoms with Gasteiger partial charge in [-0.3, -0.25) is 0 Å². The maximum atomic E-state index is 4.47. The van der Waals surface area contributed by atoms with Crippen molar-refractivity contribution in [2.24, 2.45) is 5.41 Å². The molecule has 4 nitrogen and oxygen atoms in total. The number of nitrogens with one attached hydrogen (secondary N) is 1. The smallest absolute Gasteiger partial charge is 0.138 e. The van der Waals surface area contributed by atoms with Gasteiger partial charge < -0.3 is 5.32 Å². The lowest BCUT2D eigenvalue weighted by molar-refractivity contribution is 0.154. The molecule has 1 aromatic rings. The molecule has 0 saturated carbocycles. The summed E-state index contributed by atoms with van der Waals surface area (Å²) in [6.07, 6.45) is 5.13. The van der Waals surface area contributed by atoms with E-state index in [4.69, 9.17) is 0 Å². The molecule has 1 saturated heterocycles. The van der Waals surface area contributed by atoms with Gasteiger partial charge in [-0.15, -0.1) is 0 Å². The zero-order valence-electron chi connectivity index (χ0n) is 12.3. The van der Waals surface area contributed by atoms with Crippen LogP contribution in [0.2, 0.25) is 0 Å². The zero-order chi connectivity index (χ0) is 13.4. The second kappa shape index (κ2) is 4.65. The standard InChI is InChI=1S/C14H26N4/c1-11(2)18-12(15-10-17-18)9-14(13(3,4)5)7-6-8-16-14/h10-11,16H,6-9H2,1-5H3. The van der Waals surface area contributed by atoms with E-state index in [0.29, 0.717) is 6.04 Å². The Hall–Kier alpha value is -0.900. The molecule has 0 spiro atoms. The first kappa shape index (κ1) is 13.5. The predicted molar refractivity (Wildman–Crippen MR) is 73.5 cm³/mol. The van der Waals surface area contributed by atoms with Gasteiger partial charge in [0.1, 0.15) is 12.2 Å². The van der Waals surface area contributed by atoms with Gasteiger partial charge in [0, 0.05) is 18.0 Å². The van der Waals surface area contributed by atoms with Crippen molar-refractivity contribution in [1.82, 2.24) is 20.1 Å². The first-order valence-electron chi connectivity index (χ1n) is 6.99. The number of rotatable bonds is 3. The molecule has 102 valence electrons. The van der Waals surface area contributed by atoms with Gasteiger partial charge in [0.15, 0.2) is 0 Å². The molecule has 1 aromatic heterocycles. The lowest BCUT2D eigenvalue weighted by Crippen LogP contribution is -2.53. The summed E-state index contributed by atoms with van der Waals surface area (Å²) in [5.74, 6) is 1.11. The van der Waals surface area contributed by atoms with Gasteiger partial charge in [0.2, 0.25) is 0 Å². The second-order valence-corrected chi connectivity index (χ2v) is 6.75. The SMILES string of the molecule is CC(C)n1ncnc1CC1(C(C)(C)C)CCCN1. The fourth-order valence-electron chi connectivity index (χ4n) is 2.96. The van der Waals surface area contributed by atoms with E-state index in [-0.39, 0.29) is 11.0 Å². The molecule has 0 bridgehead atoms. The number of aromatic nitrogens is 3. The first-order valence-corrected chi connectivity index (χ1v) is 6.99. The summed E-state index contributed by atoms with van der Waals surface area (Å²) in [4.78, 5) is 4.47. The van der Waals surface area contributed by atoms with E-state index in [1.165, 1.54) is 12.8 Å². The van der Waals surface area contributed by atoms with Crippen LogP contribution in [0.15, 0.2) is 6.33 Å². The van der Waals surface area contributed by atoms with Crippen LogP contribution in [0.4, 0.5) is 0 Å². The highest BCUT2D eigenvalue weighted by Crippen LogP contribution is 2.39. The summed E-state index contributed by atoms with van der Waals surface area (Å²) in [6.45, 7) is 12.4. The fourth-order valence-corrected chi connectivity index (χ4v) is 2.96. The van der Waals surface area contributed by atoms with Gasteiger partial charge in [0.05, 0.1) is 0 Å². The van der Waals surface area contributed by atoms with Crippen LogP contribution < -0.4 is 5.32 Å². The average Bonchev–Trinajstić information content (AvgIpc) is 2.86. The van der Waals surface area contributed by atoms with Crippen molar-refractivity contribution < 1.29 is 0 Å². The molecule has 1 aliphatic heterocycles. The topological polar surface area (TPSA) is 42.7 Å². The maximum absolute atomic E-state index is 4.47. The Morgan fingerprint density at radius 3 is 2.67 bits per heavy atom. The monoisotopic (exact) mass is 250 g/mol. The summed E-state index contributed by atoms with van der Waals surface area (Å²) in [5, 5.41) is 8.08. The molecule has 2 heterocycles. The van der Waals surface area contributed by atoms with Crippen LogP contribution >= 0.6 is 0 Å². The van der Waals surface area contributed by atoms with E-state index in [9.17, 15) is 0 Å². The van der Waals surface area contributed by atoms with Crippen LogP contribution in [0, 0.1) is 5.41 Å². The highest BCUT2D eigenvalue weighted by atomic mass is 15.3. The first-order chi connectivity index (χ1) is 8.36. The van der Waals surface area contributed by atoms with E-state index >= 15 is 0 Å².